The number of carbonyl (C=O) groups excluding carboxylic acids is 1. The van der Waals surface area contributed by atoms with Crippen molar-refractivity contribution in [2.24, 2.45) is 5.73 Å². The number of carbonyl (C=O) groups is 1. The highest BCUT2D eigenvalue weighted by atomic mass is 16.3. The van der Waals surface area contributed by atoms with Crippen LogP contribution in [0.3, 0.4) is 0 Å². The quantitative estimate of drug-likeness (QED) is 0.723. The lowest BCUT2D eigenvalue weighted by Gasteiger charge is -2.30. The smallest absolute Gasteiger partial charge is 0.224 e. The first-order valence-electron chi connectivity index (χ1n) is 8.72. The van der Waals surface area contributed by atoms with E-state index in [0.29, 0.717) is 25.3 Å². The predicted molar refractivity (Wildman–Crippen MR) is 101 cm³/mol. The van der Waals surface area contributed by atoms with Crippen LogP contribution in [0.25, 0.3) is 0 Å². The molecule has 0 aliphatic rings. The summed E-state index contributed by atoms with van der Waals surface area (Å²) in [7, 11) is 0. The fraction of sp³-hybridized carbons (Fsp3) is 0.650. The molecule has 0 spiro atoms. The minimum atomic E-state index is -0.194. The SMILES string of the molecule is Cc1c(CC(=O)NCCCN)cc(C(C)(C)C)c(O)c1C(C)(C)C. The summed E-state index contributed by atoms with van der Waals surface area (Å²) in [5.74, 6) is 0.358. The second kappa shape index (κ2) is 7.56. The van der Waals surface area contributed by atoms with Crippen LogP contribution in [0, 0.1) is 6.92 Å². The van der Waals surface area contributed by atoms with Gasteiger partial charge in [-0.25, -0.2) is 0 Å². The van der Waals surface area contributed by atoms with Gasteiger partial charge in [-0.1, -0.05) is 47.6 Å². The Bertz CT molecular complexity index is 593. The predicted octanol–water partition coefficient (Wildman–Crippen LogP) is 3.30. The molecule has 4 nitrogen and oxygen atoms in total. The van der Waals surface area contributed by atoms with Gasteiger partial charge in [0.05, 0.1) is 6.42 Å². The number of phenols is 1. The van der Waals surface area contributed by atoms with Crippen LogP contribution in [0.4, 0.5) is 0 Å². The second-order valence-corrected chi connectivity index (χ2v) is 8.60. The molecule has 0 bridgehead atoms. The Labute approximate surface area is 146 Å². The van der Waals surface area contributed by atoms with Crippen molar-refractivity contribution >= 4 is 5.91 Å². The van der Waals surface area contributed by atoms with Crippen molar-refractivity contribution in [1.29, 1.82) is 0 Å². The monoisotopic (exact) mass is 334 g/mol. The zero-order valence-electron chi connectivity index (χ0n) is 16.3. The third-order valence-corrected chi connectivity index (χ3v) is 4.28. The molecule has 4 N–H and O–H groups in total. The number of nitrogens with one attached hydrogen (secondary N) is 1. The molecular formula is C20H34N2O2. The molecule has 0 aliphatic heterocycles. The average molecular weight is 335 g/mol. The van der Waals surface area contributed by atoms with E-state index in [4.69, 9.17) is 5.73 Å². The minimum absolute atomic E-state index is 0.00282. The number of aromatic hydroxyl groups is 1. The number of amides is 1. The summed E-state index contributed by atoms with van der Waals surface area (Å²) in [6.07, 6.45) is 1.10. The molecule has 0 aliphatic carbocycles. The van der Waals surface area contributed by atoms with Gasteiger partial charge >= 0.3 is 0 Å². The van der Waals surface area contributed by atoms with Crippen molar-refractivity contribution in [2.45, 2.75) is 72.1 Å². The van der Waals surface area contributed by atoms with Crippen LogP contribution < -0.4 is 11.1 Å². The average Bonchev–Trinajstić information content (AvgIpc) is 2.39. The van der Waals surface area contributed by atoms with Crippen LogP contribution in [0.15, 0.2) is 6.07 Å². The number of phenolic OH excluding ortho intramolecular Hbond substituents is 1. The minimum Gasteiger partial charge on any atom is -0.507 e. The van der Waals surface area contributed by atoms with Crippen molar-refractivity contribution in [3.63, 3.8) is 0 Å². The van der Waals surface area contributed by atoms with E-state index in [1.54, 1.807) is 0 Å². The molecular weight excluding hydrogens is 300 g/mol. The summed E-state index contributed by atoms with van der Waals surface area (Å²) in [6.45, 7) is 15.7. The molecule has 4 heteroatoms. The zero-order valence-corrected chi connectivity index (χ0v) is 16.3. The Morgan fingerprint density at radius 2 is 1.75 bits per heavy atom. The van der Waals surface area contributed by atoms with E-state index in [9.17, 15) is 9.90 Å². The fourth-order valence-corrected chi connectivity index (χ4v) is 3.06. The molecule has 1 aromatic carbocycles. The maximum Gasteiger partial charge on any atom is 0.224 e. The Morgan fingerprint density at radius 3 is 2.21 bits per heavy atom. The van der Waals surface area contributed by atoms with Crippen LogP contribution in [0.5, 0.6) is 5.75 Å². The number of nitrogens with two attached hydrogens (primary N) is 1. The molecule has 0 saturated carbocycles. The highest BCUT2D eigenvalue weighted by Crippen LogP contribution is 2.42. The lowest BCUT2D eigenvalue weighted by Crippen LogP contribution is -2.28. The van der Waals surface area contributed by atoms with Crippen LogP contribution >= 0.6 is 0 Å². The van der Waals surface area contributed by atoms with Crippen molar-refractivity contribution in [1.82, 2.24) is 5.32 Å². The first-order chi connectivity index (χ1) is 10.9. The third-order valence-electron chi connectivity index (χ3n) is 4.28. The molecule has 24 heavy (non-hydrogen) atoms. The van der Waals surface area contributed by atoms with Crippen LogP contribution in [-0.2, 0) is 22.0 Å². The van der Waals surface area contributed by atoms with Gasteiger partial charge in [-0.05, 0) is 47.4 Å². The summed E-state index contributed by atoms with van der Waals surface area (Å²) >= 11 is 0. The Morgan fingerprint density at radius 1 is 1.17 bits per heavy atom. The van der Waals surface area contributed by atoms with Crippen molar-refractivity contribution in [3.8, 4) is 5.75 Å². The van der Waals surface area contributed by atoms with Crippen molar-refractivity contribution < 1.29 is 9.90 Å². The topological polar surface area (TPSA) is 75.4 Å². The van der Waals surface area contributed by atoms with Crippen LogP contribution in [0.2, 0.25) is 0 Å². The molecule has 0 heterocycles. The molecule has 0 saturated heterocycles. The summed E-state index contributed by atoms with van der Waals surface area (Å²) < 4.78 is 0. The molecule has 0 atom stereocenters. The molecule has 1 amide bonds. The van der Waals surface area contributed by atoms with E-state index in [0.717, 1.165) is 28.7 Å². The molecule has 0 aromatic heterocycles. The van der Waals surface area contributed by atoms with Gasteiger partial charge in [0.2, 0.25) is 5.91 Å². The van der Waals surface area contributed by atoms with Gasteiger partial charge in [-0.15, -0.1) is 0 Å². The summed E-state index contributed by atoms with van der Waals surface area (Å²) in [6, 6.07) is 1.99. The number of hydrogen-bond acceptors (Lipinski definition) is 3. The van der Waals surface area contributed by atoms with E-state index in [1.165, 1.54) is 0 Å². The first-order valence-corrected chi connectivity index (χ1v) is 8.72. The lowest BCUT2D eigenvalue weighted by molar-refractivity contribution is -0.120. The van der Waals surface area contributed by atoms with Gasteiger partial charge in [0.1, 0.15) is 5.75 Å². The number of rotatable bonds is 5. The Balaban J connectivity index is 3.33. The highest BCUT2D eigenvalue weighted by molar-refractivity contribution is 5.79. The van der Waals surface area contributed by atoms with Crippen molar-refractivity contribution in [2.75, 3.05) is 13.1 Å². The van der Waals surface area contributed by atoms with Gasteiger partial charge in [0, 0.05) is 12.1 Å². The largest absolute Gasteiger partial charge is 0.507 e. The molecule has 1 rings (SSSR count). The Hall–Kier alpha value is -1.55. The van der Waals surface area contributed by atoms with Crippen LogP contribution in [-0.4, -0.2) is 24.1 Å². The molecule has 136 valence electrons. The summed E-state index contributed by atoms with van der Waals surface area (Å²) in [5.41, 5.74) is 8.88. The second-order valence-electron chi connectivity index (χ2n) is 8.60. The van der Waals surface area contributed by atoms with Gasteiger partial charge in [-0.3, -0.25) is 4.79 Å². The lowest BCUT2D eigenvalue weighted by atomic mass is 9.75. The molecule has 0 fully saturated rings. The zero-order chi connectivity index (χ0) is 18.7. The van der Waals surface area contributed by atoms with Crippen LogP contribution in [0.1, 0.15) is 70.2 Å². The first kappa shape index (κ1) is 20.5. The van der Waals surface area contributed by atoms with E-state index in [1.807, 2.05) is 13.0 Å². The van der Waals surface area contributed by atoms with Gasteiger partial charge in [0.15, 0.2) is 0 Å². The summed E-state index contributed by atoms with van der Waals surface area (Å²) in [5, 5.41) is 13.8. The normalized spacial score (nSPS) is 12.3. The summed E-state index contributed by atoms with van der Waals surface area (Å²) in [4.78, 5) is 12.2. The van der Waals surface area contributed by atoms with E-state index < -0.39 is 0 Å². The number of benzene rings is 1. The maximum atomic E-state index is 12.2. The van der Waals surface area contributed by atoms with Gasteiger partial charge < -0.3 is 16.2 Å². The maximum absolute atomic E-state index is 12.2. The number of hydrogen-bond donors (Lipinski definition) is 3. The van der Waals surface area contributed by atoms with Crippen molar-refractivity contribution in [3.05, 3.63) is 28.3 Å². The Kier molecular flexibility index (Phi) is 6.45. The molecule has 1 aromatic rings. The molecule has 0 radical (unpaired) electrons. The standard InChI is InChI=1S/C20H34N2O2/c1-13-14(12-16(23)22-10-8-9-21)11-15(19(2,3)4)18(24)17(13)20(5,6)7/h11,24H,8-10,12,21H2,1-7H3,(H,22,23). The third kappa shape index (κ3) is 4.97. The van der Waals surface area contributed by atoms with E-state index in [-0.39, 0.29) is 16.7 Å². The highest BCUT2D eigenvalue weighted by Gasteiger charge is 2.29. The fourth-order valence-electron chi connectivity index (χ4n) is 3.06. The van der Waals surface area contributed by atoms with E-state index in [2.05, 4.69) is 46.9 Å². The van der Waals surface area contributed by atoms with E-state index >= 15 is 0 Å². The molecule has 0 unspecified atom stereocenters. The van der Waals surface area contributed by atoms with Gasteiger partial charge in [0.25, 0.3) is 0 Å². The van der Waals surface area contributed by atoms with Gasteiger partial charge in [-0.2, -0.15) is 0 Å².